The molecule has 39 heavy (non-hydrogen) atoms. The zero-order valence-corrected chi connectivity index (χ0v) is 20.8. The van der Waals surface area contributed by atoms with Crippen molar-refractivity contribution in [2.75, 3.05) is 0 Å². The molecule has 0 N–H and O–H groups in total. The summed E-state index contributed by atoms with van der Waals surface area (Å²) in [4.78, 5) is 9.47. The highest BCUT2D eigenvalue weighted by Crippen LogP contribution is 2.36. The lowest BCUT2D eigenvalue weighted by Crippen LogP contribution is -1.97. The molecule has 8 aromatic rings. The fraction of sp³-hybridized carbons (Fsp3) is 0. The molecule has 4 aromatic carbocycles. The van der Waals surface area contributed by atoms with Gasteiger partial charge in [0.25, 0.3) is 0 Å². The molecule has 184 valence electrons. The number of oxazole rings is 1. The first-order valence-electron chi connectivity index (χ1n) is 12.8. The molecule has 0 amide bonds. The minimum atomic E-state index is 0.616. The maximum Gasteiger partial charge on any atom is 0.227 e. The number of rotatable bonds is 4. The van der Waals surface area contributed by atoms with Crippen LogP contribution in [0.5, 0.6) is 0 Å². The predicted octanol–water partition coefficient (Wildman–Crippen LogP) is 7.84. The predicted molar refractivity (Wildman–Crippen MR) is 154 cm³/mol. The van der Waals surface area contributed by atoms with Gasteiger partial charge in [-0.3, -0.25) is 4.98 Å². The van der Waals surface area contributed by atoms with Crippen LogP contribution in [0.25, 0.3) is 67.0 Å². The SMILES string of the molecule is c1cc(-c2ccc(-n3cccn3)cn2)cc(-n2c3ccccc3c3ccc(-c4nc5ccccc5o4)cc32)c1. The molecule has 0 atom stereocenters. The summed E-state index contributed by atoms with van der Waals surface area (Å²) in [5, 5.41) is 6.67. The van der Waals surface area contributed by atoms with E-state index in [0.717, 1.165) is 50.3 Å². The molecule has 6 heteroatoms. The molecule has 0 radical (unpaired) electrons. The Bertz CT molecular complexity index is 2090. The Morgan fingerprint density at radius 2 is 1.54 bits per heavy atom. The number of hydrogen-bond donors (Lipinski definition) is 0. The van der Waals surface area contributed by atoms with Crippen molar-refractivity contribution in [2.24, 2.45) is 0 Å². The molecular formula is C33H21N5O. The van der Waals surface area contributed by atoms with Crippen molar-refractivity contribution in [1.29, 1.82) is 0 Å². The van der Waals surface area contributed by atoms with Crippen molar-refractivity contribution < 1.29 is 4.42 Å². The van der Waals surface area contributed by atoms with Crippen LogP contribution in [0, 0.1) is 0 Å². The Kier molecular flexibility index (Phi) is 4.72. The summed E-state index contributed by atoms with van der Waals surface area (Å²) in [6.45, 7) is 0. The molecule has 0 aliphatic carbocycles. The maximum absolute atomic E-state index is 6.10. The van der Waals surface area contributed by atoms with Gasteiger partial charge in [-0.1, -0.05) is 48.5 Å². The average Bonchev–Trinajstić information content (AvgIpc) is 3.75. The van der Waals surface area contributed by atoms with Crippen LogP contribution >= 0.6 is 0 Å². The Labute approximate surface area is 223 Å². The summed E-state index contributed by atoms with van der Waals surface area (Å²) in [6, 6.07) is 37.3. The van der Waals surface area contributed by atoms with Gasteiger partial charge in [0.2, 0.25) is 5.89 Å². The van der Waals surface area contributed by atoms with E-state index in [0.29, 0.717) is 5.89 Å². The van der Waals surface area contributed by atoms with E-state index in [4.69, 9.17) is 14.4 Å². The number of nitrogens with zero attached hydrogens (tertiary/aromatic N) is 5. The summed E-state index contributed by atoms with van der Waals surface area (Å²) in [6.07, 6.45) is 5.52. The standard InChI is InChI=1S/C33H21N5O/c1-3-11-30-26(9-1)27-15-13-23(33-36-29-10-2-4-12-32(29)39-33)20-31(27)38(30)24-8-5-7-22(19-24)28-16-14-25(21-34-28)37-18-6-17-35-37/h1-21H. The summed E-state index contributed by atoms with van der Waals surface area (Å²) in [7, 11) is 0. The minimum absolute atomic E-state index is 0.616. The molecule has 0 saturated carbocycles. The third-order valence-electron chi connectivity index (χ3n) is 7.13. The first-order chi connectivity index (χ1) is 19.3. The summed E-state index contributed by atoms with van der Waals surface area (Å²) in [5.41, 5.74) is 8.74. The molecule has 4 heterocycles. The summed E-state index contributed by atoms with van der Waals surface area (Å²) >= 11 is 0. The van der Waals surface area contributed by atoms with Crippen molar-refractivity contribution >= 4 is 32.9 Å². The second-order valence-corrected chi connectivity index (χ2v) is 9.47. The fourth-order valence-corrected chi connectivity index (χ4v) is 5.30. The van der Waals surface area contributed by atoms with Gasteiger partial charge in [-0.15, -0.1) is 0 Å². The smallest absolute Gasteiger partial charge is 0.227 e. The Balaban J connectivity index is 1.28. The zero-order chi connectivity index (χ0) is 25.8. The molecule has 8 rings (SSSR count). The number of hydrogen-bond acceptors (Lipinski definition) is 4. The van der Waals surface area contributed by atoms with Crippen molar-refractivity contribution in [3.8, 4) is 34.1 Å². The van der Waals surface area contributed by atoms with E-state index >= 15 is 0 Å². The maximum atomic E-state index is 6.10. The number of pyridine rings is 1. The van der Waals surface area contributed by atoms with Gasteiger partial charge in [-0.25, -0.2) is 9.67 Å². The number of para-hydroxylation sites is 3. The van der Waals surface area contributed by atoms with E-state index in [1.54, 1.807) is 10.9 Å². The van der Waals surface area contributed by atoms with Crippen LogP contribution < -0.4 is 0 Å². The van der Waals surface area contributed by atoms with E-state index in [-0.39, 0.29) is 0 Å². The quantitative estimate of drug-likeness (QED) is 0.245. The number of fused-ring (bicyclic) bond motifs is 4. The first kappa shape index (κ1) is 21.6. The third-order valence-corrected chi connectivity index (χ3v) is 7.13. The van der Waals surface area contributed by atoms with Crippen LogP contribution in [0.4, 0.5) is 0 Å². The topological polar surface area (TPSA) is 61.7 Å². The first-order valence-corrected chi connectivity index (χ1v) is 12.8. The van der Waals surface area contributed by atoms with E-state index in [1.165, 1.54) is 10.8 Å². The van der Waals surface area contributed by atoms with Crippen LogP contribution in [-0.2, 0) is 0 Å². The molecule has 6 nitrogen and oxygen atoms in total. The number of aromatic nitrogens is 5. The van der Waals surface area contributed by atoms with Gasteiger partial charge >= 0.3 is 0 Å². The van der Waals surface area contributed by atoms with Crippen LogP contribution in [0.15, 0.2) is 132 Å². The van der Waals surface area contributed by atoms with E-state index in [2.05, 4.69) is 76.4 Å². The average molecular weight is 504 g/mol. The molecule has 0 unspecified atom stereocenters. The number of benzene rings is 4. The molecule has 4 aromatic heterocycles. The van der Waals surface area contributed by atoms with E-state index in [1.807, 2.05) is 54.9 Å². The Morgan fingerprint density at radius 1 is 0.641 bits per heavy atom. The summed E-state index contributed by atoms with van der Waals surface area (Å²) < 4.78 is 10.2. The molecule has 0 fully saturated rings. The second kappa shape index (κ2) is 8.53. The highest BCUT2D eigenvalue weighted by molar-refractivity contribution is 6.10. The lowest BCUT2D eigenvalue weighted by molar-refractivity contribution is 0.620. The van der Waals surface area contributed by atoms with Crippen molar-refractivity contribution in [1.82, 2.24) is 24.3 Å². The molecular weight excluding hydrogens is 482 g/mol. The lowest BCUT2D eigenvalue weighted by Gasteiger charge is -2.11. The van der Waals surface area contributed by atoms with E-state index < -0.39 is 0 Å². The summed E-state index contributed by atoms with van der Waals surface area (Å²) in [5.74, 6) is 0.616. The highest BCUT2D eigenvalue weighted by Gasteiger charge is 2.16. The Hall–Kier alpha value is -5.49. The van der Waals surface area contributed by atoms with Gasteiger partial charge in [-0.2, -0.15) is 5.10 Å². The highest BCUT2D eigenvalue weighted by atomic mass is 16.3. The van der Waals surface area contributed by atoms with Gasteiger partial charge in [0.05, 0.1) is 28.6 Å². The van der Waals surface area contributed by atoms with Crippen LogP contribution in [0.3, 0.4) is 0 Å². The third kappa shape index (κ3) is 3.54. The lowest BCUT2D eigenvalue weighted by atomic mass is 10.1. The second-order valence-electron chi connectivity index (χ2n) is 9.47. The van der Waals surface area contributed by atoms with Gasteiger partial charge in [0.15, 0.2) is 5.58 Å². The van der Waals surface area contributed by atoms with Crippen molar-refractivity contribution in [2.45, 2.75) is 0 Å². The van der Waals surface area contributed by atoms with Gasteiger partial charge in [0, 0.05) is 40.0 Å². The zero-order valence-electron chi connectivity index (χ0n) is 20.8. The van der Waals surface area contributed by atoms with Crippen LogP contribution in [0.2, 0.25) is 0 Å². The van der Waals surface area contributed by atoms with Gasteiger partial charge in [0.1, 0.15) is 5.52 Å². The molecule has 0 aliphatic heterocycles. The van der Waals surface area contributed by atoms with Gasteiger partial charge in [-0.05, 0) is 60.7 Å². The molecule has 0 aliphatic rings. The molecule has 0 bridgehead atoms. The minimum Gasteiger partial charge on any atom is -0.436 e. The van der Waals surface area contributed by atoms with Crippen LogP contribution in [-0.4, -0.2) is 24.3 Å². The van der Waals surface area contributed by atoms with Crippen LogP contribution in [0.1, 0.15) is 0 Å². The molecule has 0 saturated heterocycles. The Morgan fingerprint density at radius 3 is 2.41 bits per heavy atom. The van der Waals surface area contributed by atoms with Gasteiger partial charge < -0.3 is 8.98 Å². The molecule has 0 spiro atoms. The monoisotopic (exact) mass is 503 g/mol. The van der Waals surface area contributed by atoms with Crippen molar-refractivity contribution in [3.05, 3.63) is 128 Å². The van der Waals surface area contributed by atoms with E-state index in [9.17, 15) is 0 Å². The largest absolute Gasteiger partial charge is 0.436 e. The normalized spacial score (nSPS) is 11.6. The fourth-order valence-electron chi connectivity index (χ4n) is 5.30. The van der Waals surface area contributed by atoms with Crippen molar-refractivity contribution in [3.63, 3.8) is 0 Å².